The summed E-state index contributed by atoms with van der Waals surface area (Å²) < 4.78 is 5.39. The molecular weight excluding hydrogens is 288 g/mol. The molecule has 1 unspecified atom stereocenters. The summed E-state index contributed by atoms with van der Waals surface area (Å²) in [6.45, 7) is 2.75. The highest BCUT2D eigenvalue weighted by atomic mass is 16.6. The number of amides is 2. The first-order chi connectivity index (χ1) is 10.6. The third kappa shape index (κ3) is 4.26. The highest BCUT2D eigenvalue weighted by Crippen LogP contribution is 2.18. The Labute approximate surface area is 127 Å². The number of rotatable bonds is 5. The molecule has 8 heteroatoms. The van der Waals surface area contributed by atoms with E-state index in [1.807, 2.05) is 0 Å². The van der Waals surface area contributed by atoms with Crippen molar-refractivity contribution >= 4 is 17.4 Å². The van der Waals surface area contributed by atoms with Gasteiger partial charge in [-0.25, -0.2) is 10.2 Å². The summed E-state index contributed by atoms with van der Waals surface area (Å²) in [6.07, 6.45) is 1.98. The Morgan fingerprint density at radius 2 is 2.27 bits per heavy atom. The van der Waals surface area contributed by atoms with Gasteiger partial charge in [0.25, 0.3) is 5.69 Å². The van der Waals surface area contributed by atoms with Crippen molar-refractivity contribution in [2.75, 3.05) is 13.2 Å². The van der Waals surface area contributed by atoms with Gasteiger partial charge in [-0.2, -0.15) is 5.10 Å². The van der Waals surface area contributed by atoms with E-state index in [1.165, 1.54) is 6.07 Å². The maximum atomic E-state index is 11.6. The number of nitro groups is 1. The van der Waals surface area contributed by atoms with Crippen molar-refractivity contribution in [3.8, 4) is 0 Å². The van der Waals surface area contributed by atoms with Crippen LogP contribution in [0.5, 0.6) is 0 Å². The van der Waals surface area contributed by atoms with Crippen LogP contribution in [0.3, 0.4) is 0 Å². The second-order valence-corrected chi connectivity index (χ2v) is 4.93. The Hall–Kier alpha value is -2.48. The number of urea groups is 1. The van der Waals surface area contributed by atoms with Crippen LogP contribution in [0.25, 0.3) is 0 Å². The quantitative estimate of drug-likeness (QED) is 0.491. The molecule has 1 saturated heterocycles. The van der Waals surface area contributed by atoms with E-state index < -0.39 is 11.0 Å². The highest BCUT2D eigenvalue weighted by molar-refractivity contribution is 6.02. The van der Waals surface area contributed by atoms with Gasteiger partial charge in [0, 0.05) is 19.2 Å². The second-order valence-electron chi connectivity index (χ2n) is 4.93. The number of hydrogen-bond donors (Lipinski definition) is 2. The summed E-state index contributed by atoms with van der Waals surface area (Å²) in [4.78, 5) is 22.1. The zero-order valence-corrected chi connectivity index (χ0v) is 12.2. The normalized spacial score (nSPS) is 18.0. The first-order valence-corrected chi connectivity index (χ1v) is 7.01. The van der Waals surface area contributed by atoms with Crippen LogP contribution in [-0.2, 0) is 4.74 Å². The second kappa shape index (κ2) is 7.51. The summed E-state index contributed by atoms with van der Waals surface area (Å²) >= 11 is 0. The molecule has 0 aromatic heterocycles. The Morgan fingerprint density at radius 3 is 2.95 bits per heavy atom. The van der Waals surface area contributed by atoms with E-state index in [-0.39, 0.29) is 11.8 Å². The fraction of sp³-hybridized carbons (Fsp3) is 0.429. The fourth-order valence-corrected chi connectivity index (χ4v) is 2.19. The summed E-state index contributed by atoms with van der Waals surface area (Å²) in [6, 6.07) is 5.78. The third-order valence-corrected chi connectivity index (χ3v) is 3.33. The molecule has 118 valence electrons. The van der Waals surface area contributed by atoms with Gasteiger partial charge in [0.15, 0.2) is 0 Å². The molecule has 1 atom stereocenters. The maximum Gasteiger partial charge on any atom is 0.335 e. The van der Waals surface area contributed by atoms with Gasteiger partial charge in [0.1, 0.15) is 0 Å². The number of carbonyl (C=O) groups excluding carboxylic acids is 1. The molecule has 0 aliphatic carbocycles. The van der Waals surface area contributed by atoms with Crippen molar-refractivity contribution in [3.63, 3.8) is 0 Å². The minimum absolute atomic E-state index is 0.0473. The van der Waals surface area contributed by atoms with Crippen molar-refractivity contribution in [3.05, 3.63) is 39.9 Å². The van der Waals surface area contributed by atoms with Gasteiger partial charge in [0.2, 0.25) is 0 Å². The number of carbonyl (C=O) groups is 1. The molecule has 22 heavy (non-hydrogen) atoms. The Balaban J connectivity index is 1.91. The van der Waals surface area contributed by atoms with Crippen LogP contribution in [0, 0.1) is 10.1 Å². The van der Waals surface area contributed by atoms with Crippen LogP contribution in [0.2, 0.25) is 0 Å². The molecule has 2 N–H and O–H groups in total. The summed E-state index contributed by atoms with van der Waals surface area (Å²) in [5, 5.41) is 17.5. The summed E-state index contributed by atoms with van der Waals surface area (Å²) in [5.41, 5.74) is 3.01. The van der Waals surface area contributed by atoms with Crippen LogP contribution in [0.1, 0.15) is 25.3 Å². The maximum absolute atomic E-state index is 11.6. The minimum Gasteiger partial charge on any atom is -0.376 e. The zero-order valence-electron chi connectivity index (χ0n) is 12.2. The predicted molar refractivity (Wildman–Crippen MR) is 80.8 cm³/mol. The third-order valence-electron chi connectivity index (χ3n) is 3.33. The van der Waals surface area contributed by atoms with E-state index >= 15 is 0 Å². The Bertz CT molecular complexity index is 582. The first kappa shape index (κ1) is 15.9. The molecule has 0 spiro atoms. The molecule has 1 aromatic carbocycles. The van der Waals surface area contributed by atoms with Crippen LogP contribution in [0.4, 0.5) is 10.5 Å². The predicted octanol–water partition coefficient (Wildman–Crippen LogP) is 1.80. The molecule has 1 heterocycles. The van der Waals surface area contributed by atoms with Gasteiger partial charge in [-0.05, 0) is 25.8 Å². The number of nitro benzene ring substituents is 1. The molecule has 0 saturated carbocycles. The standard InChI is InChI=1S/C14H18N4O4/c1-10(12-6-2-3-7-13(12)18(20)21)16-17-14(19)15-9-11-5-4-8-22-11/h2-3,6-7,11H,4-5,8-9H2,1H3,(H2,15,17,19)/b16-10+. The van der Waals surface area contributed by atoms with Gasteiger partial charge in [-0.1, -0.05) is 12.1 Å². The fourth-order valence-electron chi connectivity index (χ4n) is 2.19. The number of nitrogens with zero attached hydrogens (tertiary/aromatic N) is 2. The molecule has 8 nitrogen and oxygen atoms in total. The molecule has 0 radical (unpaired) electrons. The van der Waals surface area contributed by atoms with Crippen molar-refractivity contribution in [1.29, 1.82) is 0 Å². The van der Waals surface area contributed by atoms with Crippen LogP contribution in [0.15, 0.2) is 29.4 Å². The van der Waals surface area contributed by atoms with Crippen molar-refractivity contribution in [2.24, 2.45) is 5.10 Å². The van der Waals surface area contributed by atoms with E-state index in [1.54, 1.807) is 25.1 Å². The monoisotopic (exact) mass is 306 g/mol. The Kier molecular flexibility index (Phi) is 5.42. The number of hydrogen-bond acceptors (Lipinski definition) is 5. The van der Waals surface area contributed by atoms with Crippen LogP contribution < -0.4 is 10.7 Å². The number of ether oxygens (including phenoxy) is 1. The average Bonchev–Trinajstić information content (AvgIpc) is 3.04. The molecule has 2 amide bonds. The smallest absolute Gasteiger partial charge is 0.335 e. The van der Waals surface area contributed by atoms with Crippen molar-refractivity contribution in [2.45, 2.75) is 25.9 Å². The summed E-state index contributed by atoms with van der Waals surface area (Å²) in [5.74, 6) is 0. The SMILES string of the molecule is C/C(=N\NC(=O)NCC1CCCO1)c1ccccc1[N+](=O)[O-]. The van der Waals surface area contributed by atoms with Gasteiger partial charge in [-0.3, -0.25) is 10.1 Å². The van der Waals surface area contributed by atoms with E-state index in [0.29, 0.717) is 17.8 Å². The lowest BCUT2D eigenvalue weighted by atomic mass is 10.1. The molecule has 2 rings (SSSR count). The van der Waals surface area contributed by atoms with Crippen molar-refractivity contribution < 1.29 is 14.5 Å². The van der Waals surface area contributed by atoms with Crippen LogP contribution >= 0.6 is 0 Å². The first-order valence-electron chi connectivity index (χ1n) is 7.01. The van der Waals surface area contributed by atoms with Crippen molar-refractivity contribution in [1.82, 2.24) is 10.7 Å². The van der Waals surface area contributed by atoms with E-state index in [2.05, 4.69) is 15.8 Å². The summed E-state index contributed by atoms with van der Waals surface area (Å²) in [7, 11) is 0. The number of nitrogens with one attached hydrogen (secondary N) is 2. The number of benzene rings is 1. The average molecular weight is 306 g/mol. The van der Waals surface area contributed by atoms with Gasteiger partial charge < -0.3 is 10.1 Å². The van der Waals surface area contributed by atoms with E-state index in [4.69, 9.17) is 4.74 Å². The van der Waals surface area contributed by atoms with Gasteiger partial charge in [-0.15, -0.1) is 0 Å². The topological polar surface area (TPSA) is 106 Å². The molecular formula is C14H18N4O4. The molecule has 1 aromatic rings. The lowest BCUT2D eigenvalue weighted by Crippen LogP contribution is -2.37. The lowest BCUT2D eigenvalue weighted by molar-refractivity contribution is -0.385. The lowest BCUT2D eigenvalue weighted by Gasteiger charge is -2.10. The number of hydrazone groups is 1. The molecule has 1 aliphatic rings. The Morgan fingerprint density at radius 1 is 1.50 bits per heavy atom. The zero-order chi connectivity index (χ0) is 15.9. The highest BCUT2D eigenvalue weighted by Gasteiger charge is 2.17. The molecule has 1 fully saturated rings. The largest absolute Gasteiger partial charge is 0.376 e. The molecule has 0 bridgehead atoms. The molecule has 1 aliphatic heterocycles. The van der Waals surface area contributed by atoms with Crippen LogP contribution in [-0.4, -0.2) is 35.9 Å². The van der Waals surface area contributed by atoms with Gasteiger partial charge in [0.05, 0.1) is 22.3 Å². The van der Waals surface area contributed by atoms with E-state index in [9.17, 15) is 14.9 Å². The van der Waals surface area contributed by atoms with E-state index in [0.717, 1.165) is 19.4 Å². The number of para-hydroxylation sites is 1. The minimum atomic E-state index is -0.480. The van der Waals surface area contributed by atoms with Gasteiger partial charge >= 0.3 is 6.03 Å².